The number of benzene rings is 1. The first-order valence-corrected chi connectivity index (χ1v) is 7.99. The average Bonchev–Trinajstić information content (AvgIpc) is 2.78. The highest BCUT2D eigenvalue weighted by atomic mass is 32.2. The maximum atomic E-state index is 12.2. The quantitative estimate of drug-likeness (QED) is 0.797. The number of Topliss-reactive ketones (excluding diaryl/α,β-unsaturated/α-hetero) is 1. The fourth-order valence-electron chi connectivity index (χ4n) is 2.11. The number of hydrogen-bond acceptors (Lipinski definition) is 3. The normalized spacial score (nSPS) is 18.3. The average molecular weight is 291 g/mol. The molecule has 5 heteroatoms. The van der Waals surface area contributed by atoms with Gasteiger partial charge in [-0.1, -0.05) is 42.1 Å². The van der Waals surface area contributed by atoms with E-state index in [4.69, 9.17) is 0 Å². The van der Waals surface area contributed by atoms with Crippen molar-refractivity contribution in [1.29, 1.82) is 0 Å². The van der Waals surface area contributed by atoms with Gasteiger partial charge in [-0.05, 0) is 12.0 Å². The van der Waals surface area contributed by atoms with E-state index in [0.717, 1.165) is 28.6 Å². The first-order valence-electron chi connectivity index (χ1n) is 6.19. The molecule has 0 atom stereocenters. The van der Waals surface area contributed by atoms with Crippen LogP contribution in [0.25, 0.3) is 0 Å². The van der Waals surface area contributed by atoms with E-state index in [-0.39, 0.29) is 11.7 Å². The smallest absolute Gasteiger partial charge is 0.273 e. The van der Waals surface area contributed by atoms with Crippen molar-refractivity contribution in [1.82, 2.24) is 4.90 Å². The van der Waals surface area contributed by atoms with Crippen LogP contribution in [0.4, 0.5) is 0 Å². The van der Waals surface area contributed by atoms with E-state index in [1.54, 1.807) is 16.7 Å². The van der Waals surface area contributed by atoms with Gasteiger partial charge in [0.25, 0.3) is 5.91 Å². The van der Waals surface area contributed by atoms with Crippen LogP contribution in [0.15, 0.2) is 30.3 Å². The van der Waals surface area contributed by atoms with Gasteiger partial charge in [0.1, 0.15) is 9.19 Å². The minimum Gasteiger partial charge on any atom is -0.293 e. The number of fused-ring (bicyclic) bond motifs is 1. The molecule has 2 aliphatic heterocycles. The Morgan fingerprint density at radius 1 is 1.26 bits per heavy atom. The lowest BCUT2D eigenvalue weighted by Crippen LogP contribution is -2.40. The highest BCUT2D eigenvalue weighted by Crippen LogP contribution is 2.24. The molecule has 0 radical (unpaired) electrons. The fraction of sp³-hybridized carbons (Fsp3) is 0.286. The molecule has 0 aliphatic carbocycles. The van der Waals surface area contributed by atoms with Crippen molar-refractivity contribution >= 4 is 43.6 Å². The molecule has 0 bridgehead atoms. The molecule has 2 aliphatic rings. The molecular formula is C14H13NO2S2. The van der Waals surface area contributed by atoms with E-state index in [9.17, 15) is 9.59 Å². The molecule has 98 valence electrons. The Bertz CT molecular complexity index is 603. The summed E-state index contributed by atoms with van der Waals surface area (Å²) in [6.45, 7) is 0.746. The topological polar surface area (TPSA) is 37.4 Å². The molecule has 1 aromatic carbocycles. The van der Waals surface area contributed by atoms with Crippen molar-refractivity contribution in [2.24, 2.45) is 0 Å². The van der Waals surface area contributed by atoms with Gasteiger partial charge in [-0.2, -0.15) is 0 Å². The molecule has 2 heterocycles. The van der Waals surface area contributed by atoms with Crippen LogP contribution in [-0.2, 0) is 16.0 Å². The van der Waals surface area contributed by atoms with Crippen LogP contribution in [-0.4, -0.2) is 38.1 Å². The maximum Gasteiger partial charge on any atom is 0.273 e. The number of thioether (sulfide) groups is 1. The minimum absolute atomic E-state index is 0.0660. The third-order valence-corrected chi connectivity index (χ3v) is 5.63. The number of carbonyl (C=O) groups excluding carboxylic acids is 2. The molecule has 1 aromatic rings. The zero-order valence-electron chi connectivity index (χ0n) is 10.3. The van der Waals surface area contributed by atoms with E-state index in [1.165, 1.54) is 10.9 Å². The molecule has 3 rings (SSSR count). The third kappa shape index (κ3) is 2.53. The summed E-state index contributed by atoms with van der Waals surface area (Å²) < 4.78 is 0.979. The van der Waals surface area contributed by atoms with Crippen LogP contribution in [0.3, 0.4) is 0 Å². The van der Waals surface area contributed by atoms with Crippen molar-refractivity contribution < 1.29 is 9.59 Å². The number of hydrogen-bond donors (Lipinski definition) is 0. The Kier molecular flexibility index (Phi) is 3.57. The van der Waals surface area contributed by atoms with Crippen LogP contribution >= 0.6 is 22.7 Å². The maximum absolute atomic E-state index is 12.2. The Hall–Kier alpha value is -1.33. The largest absolute Gasteiger partial charge is 0.293 e. The summed E-state index contributed by atoms with van der Waals surface area (Å²) in [6.07, 6.45) is 1.31. The number of ketones is 1. The Labute approximate surface area is 119 Å². The summed E-state index contributed by atoms with van der Waals surface area (Å²) in [6, 6.07) is 9.56. The Morgan fingerprint density at radius 3 is 2.79 bits per heavy atom. The minimum atomic E-state index is -0.104. The van der Waals surface area contributed by atoms with E-state index < -0.39 is 0 Å². The van der Waals surface area contributed by atoms with Crippen molar-refractivity contribution in [3.05, 3.63) is 35.9 Å². The second-order valence-corrected chi connectivity index (χ2v) is 6.78. The molecule has 3 nitrogen and oxygen atoms in total. The number of amides is 1. The standard InChI is InChI=1S/C14H13NO2S2/c16-11(9-10-5-2-1-3-6-10)12-13(17)15-7-4-8-18-14(15)19-12/h1-3,5-6H,4,7-9H2. The van der Waals surface area contributed by atoms with Gasteiger partial charge in [0.05, 0.1) is 0 Å². The van der Waals surface area contributed by atoms with Gasteiger partial charge >= 0.3 is 0 Å². The van der Waals surface area contributed by atoms with Crippen LogP contribution in [0, 0.1) is 0 Å². The number of nitrogens with zero attached hydrogens (tertiary/aromatic N) is 1. The zero-order valence-corrected chi connectivity index (χ0v) is 11.9. The lowest BCUT2D eigenvalue weighted by molar-refractivity contribution is -0.121. The monoisotopic (exact) mass is 291 g/mol. The highest BCUT2D eigenvalue weighted by Gasteiger charge is 2.33. The molecule has 0 saturated carbocycles. The van der Waals surface area contributed by atoms with Crippen LogP contribution in [0.2, 0.25) is 0 Å². The van der Waals surface area contributed by atoms with E-state index in [1.807, 2.05) is 30.3 Å². The predicted octanol–water partition coefficient (Wildman–Crippen LogP) is 1.77. The van der Waals surface area contributed by atoms with Gasteiger partial charge in [-0.3, -0.25) is 14.5 Å². The Balaban J connectivity index is 1.81. The summed E-state index contributed by atoms with van der Waals surface area (Å²) >= 11 is 1.68. The number of carbonyl (C=O) groups is 2. The van der Waals surface area contributed by atoms with E-state index >= 15 is 0 Å². The van der Waals surface area contributed by atoms with Gasteiger partial charge < -0.3 is 0 Å². The molecule has 0 unspecified atom stereocenters. The van der Waals surface area contributed by atoms with Gasteiger partial charge in [0.15, 0.2) is 5.78 Å². The van der Waals surface area contributed by atoms with Gasteiger partial charge in [-0.15, -0.1) is 10.9 Å². The van der Waals surface area contributed by atoms with Gasteiger partial charge in [0, 0.05) is 18.7 Å². The number of rotatable bonds is 3. The van der Waals surface area contributed by atoms with Crippen LogP contribution < -0.4 is 0 Å². The SMILES string of the molecule is O=C(Cc1ccccc1)C1=S=C2SCCCN2C1=O. The lowest BCUT2D eigenvalue weighted by Gasteiger charge is -2.23. The predicted molar refractivity (Wildman–Crippen MR) is 81.5 cm³/mol. The van der Waals surface area contributed by atoms with Crippen molar-refractivity contribution in [2.45, 2.75) is 12.8 Å². The molecule has 19 heavy (non-hydrogen) atoms. The molecule has 0 aromatic heterocycles. The molecule has 1 fully saturated rings. The first-order chi connectivity index (χ1) is 9.25. The molecule has 1 amide bonds. The van der Waals surface area contributed by atoms with Crippen LogP contribution in [0.1, 0.15) is 12.0 Å². The molecule has 0 N–H and O–H groups in total. The first kappa shape index (κ1) is 12.7. The lowest BCUT2D eigenvalue weighted by atomic mass is 10.1. The third-order valence-electron chi connectivity index (χ3n) is 3.06. The van der Waals surface area contributed by atoms with Crippen LogP contribution in [0.5, 0.6) is 0 Å². The van der Waals surface area contributed by atoms with E-state index in [0.29, 0.717) is 11.3 Å². The molecule has 1 saturated heterocycles. The van der Waals surface area contributed by atoms with Gasteiger partial charge in [-0.25, -0.2) is 0 Å². The molecular weight excluding hydrogens is 278 g/mol. The van der Waals surface area contributed by atoms with Crippen molar-refractivity contribution in [2.75, 3.05) is 12.3 Å². The second-order valence-electron chi connectivity index (χ2n) is 4.44. The van der Waals surface area contributed by atoms with E-state index in [2.05, 4.69) is 0 Å². The second kappa shape index (κ2) is 5.35. The van der Waals surface area contributed by atoms with Crippen molar-refractivity contribution in [3.8, 4) is 0 Å². The molecule has 0 spiro atoms. The summed E-state index contributed by atoms with van der Waals surface area (Å²) in [4.78, 5) is 26.6. The summed E-state index contributed by atoms with van der Waals surface area (Å²) in [7, 11) is 1.35. The highest BCUT2D eigenvalue weighted by molar-refractivity contribution is 8.27. The Morgan fingerprint density at radius 2 is 2.05 bits per heavy atom. The zero-order chi connectivity index (χ0) is 13.2. The van der Waals surface area contributed by atoms with Crippen molar-refractivity contribution in [3.63, 3.8) is 0 Å². The summed E-state index contributed by atoms with van der Waals surface area (Å²) in [5.74, 6) is 0.864. The summed E-state index contributed by atoms with van der Waals surface area (Å²) in [5, 5.41) is 0. The fourth-order valence-corrected chi connectivity index (χ4v) is 4.47. The summed E-state index contributed by atoms with van der Waals surface area (Å²) in [5.41, 5.74) is 0.955. The van der Waals surface area contributed by atoms with Gasteiger partial charge in [0.2, 0.25) is 0 Å².